The van der Waals surface area contributed by atoms with E-state index >= 15 is 0 Å². The molecular formula is C20H27N3O2. The third kappa shape index (κ3) is 3.78. The predicted octanol–water partition coefficient (Wildman–Crippen LogP) is 2.79. The van der Waals surface area contributed by atoms with E-state index in [2.05, 4.69) is 27.9 Å². The number of hydrogen-bond acceptors (Lipinski definition) is 5. The molecule has 1 unspecified atom stereocenters. The van der Waals surface area contributed by atoms with Crippen LogP contribution in [0.15, 0.2) is 47.3 Å². The summed E-state index contributed by atoms with van der Waals surface area (Å²) in [6.07, 6.45) is 7.87. The van der Waals surface area contributed by atoms with Crippen LogP contribution in [0.25, 0.3) is 0 Å². The molecule has 0 amide bonds. The Morgan fingerprint density at radius 3 is 2.88 bits per heavy atom. The second kappa shape index (κ2) is 7.28. The molecule has 4 heterocycles. The van der Waals surface area contributed by atoms with Crippen LogP contribution in [-0.2, 0) is 17.9 Å². The summed E-state index contributed by atoms with van der Waals surface area (Å²) in [5.41, 5.74) is 1.53. The molecule has 0 aromatic carbocycles. The van der Waals surface area contributed by atoms with Crippen LogP contribution in [0.5, 0.6) is 0 Å². The Balaban J connectivity index is 1.26. The summed E-state index contributed by atoms with van der Waals surface area (Å²) in [4.78, 5) is 9.09. The quantitative estimate of drug-likeness (QED) is 0.808. The van der Waals surface area contributed by atoms with Gasteiger partial charge in [-0.05, 0) is 62.2 Å². The molecule has 25 heavy (non-hydrogen) atoms. The maximum atomic E-state index is 5.99. The molecule has 2 aromatic heterocycles. The summed E-state index contributed by atoms with van der Waals surface area (Å²) in [6, 6.07) is 8.07. The van der Waals surface area contributed by atoms with E-state index in [1.807, 2.05) is 30.6 Å². The van der Waals surface area contributed by atoms with E-state index in [-0.39, 0.29) is 0 Å². The third-order valence-electron chi connectivity index (χ3n) is 5.72. The molecule has 0 aliphatic carbocycles. The maximum Gasteiger partial charge on any atom is 0.117 e. The van der Waals surface area contributed by atoms with Crippen LogP contribution in [0.4, 0.5) is 0 Å². The summed E-state index contributed by atoms with van der Waals surface area (Å²) in [5.74, 6) is 1.72. The lowest BCUT2D eigenvalue weighted by Crippen LogP contribution is -2.71. The van der Waals surface area contributed by atoms with Gasteiger partial charge in [0.2, 0.25) is 0 Å². The smallest absolute Gasteiger partial charge is 0.117 e. The number of hydrogen-bond donors (Lipinski definition) is 0. The van der Waals surface area contributed by atoms with Crippen LogP contribution in [-0.4, -0.2) is 53.6 Å². The molecule has 0 radical (unpaired) electrons. The van der Waals surface area contributed by atoms with E-state index < -0.39 is 0 Å². The lowest BCUT2D eigenvalue weighted by molar-refractivity contribution is -0.0951. The number of aromatic nitrogens is 1. The molecule has 5 nitrogen and oxygen atoms in total. The minimum Gasteiger partial charge on any atom is -0.468 e. The van der Waals surface area contributed by atoms with Crippen molar-refractivity contribution in [3.8, 4) is 0 Å². The number of pyridine rings is 1. The predicted molar refractivity (Wildman–Crippen MR) is 96.0 cm³/mol. The molecule has 2 fully saturated rings. The Hall–Kier alpha value is -1.69. The summed E-state index contributed by atoms with van der Waals surface area (Å²) in [7, 11) is 2.28. The fourth-order valence-electron chi connectivity index (χ4n) is 4.26. The van der Waals surface area contributed by atoms with Gasteiger partial charge in [-0.3, -0.25) is 14.8 Å². The van der Waals surface area contributed by atoms with E-state index in [0.717, 1.165) is 38.5 Å². The lowest BCUT2D eigenvalue weighted by Gasteiger charge is -2.58. The number of ether oxygens (including phenoxy) is 1. The number of furan rings is 1. The van der Waals surface area contributed by atoms with Gasteiger partial charge in [0.1, 0.15) is 5.76 Å². The van der Waals surface area contributed by atoms with Crippen molar-refractivity contribution < 1.29 is 9.15 Å². The van der Waals surface area contributed by atoms with Crippen LogP contribution >= 0.6 is 0 Å². The summed E-state index contributed by atoms with van der Waals surface area (Å²) in [6.45, 7) is 5.89. The Morgan fingerprint density at radius 1 is 1.28 bits per heavy atom. The van der Waals surface area contributed by atoms with E-state index in [9.17, 15) is 0 Å². The van der Waals surface area contributed by atoms with Crippen LogP contribution in [0.1, 0.15) is 24.2 Å². The number of likely N-dealkylation sites (N-methyl/N-ethyl adjacent to an activating group) is 1. The Morgan fingerprint density at radius 2 is 2.12 bits per heavy atom. The van der Waals surface area contributed by atoms with Crippen molar-refractivity contribution in [3.05, 3.63) is 54.2 Å². The van der Waals surface area contributed by atoms with E-state index in [4.69, 9.17) is 9.15 Å². The first kappa shape index (κ1) is 16.8. The molecule has 2 saturated heterocycles. The van der Waals surface area contributed by atoms with Crippen LogP contribution in [0.3, 0.4) is 0 Å². The summed E-state index contributed by atoms with van der Waals surface area (Å²) in [5, 5.41) is 0. The fraction of sp³-hybridized carbons (Fsp3) is 0.550. The molecule has 0 bridgehead atoms. The molecule has 2 aromatic rings. The average molecular weight is 341 g/mol. The Bertz CT molecular complexity index is 653. The topological polar surface area (TPSA) is 41.7 Å². The van der Waals surface area contributed by atoms with E-state index in [0.29, 0.717) is 18.1 Å². The second-order valence-corrected chi connectivity index (χ2v) is 7.60. The van der Waals surface area contributed by atoms with Gasteiger partial charge in [-0.1, -0.05) is 0 Å². The molecule has 1 spiro atoms. The number of likely N-dealkylation sites (tertiary alicyclic amines) is 2. The number of rotatable bonds is 6. The monoisotopic (exact) mass is 341 g/mol. The molecule has 134 valence electrons. The average Bonchev–Trinajstić information content (AvgIpc) is 3.10. The molecule has 0 N–H and O–H groups in total. The first-order valence-corrected chi connectivity index (χ1v) is 9.16. The summed E-state index contributed by atoms with van der Waals surface area (Å²) < 4.78 is 11.5. The SMILES string of the molecule is CN1CCC(COCc2ccncc2)CC12CN(Cc1ccco1)C2. The summed E-state index contributed by atoms with van der Waals surface area (Å²) >= 11 is 0. The standard InChI is InChI=1S/C20H27N3O2/c1-22-9-6-18(14-24-13-17-4-7-21-8-5-17)11-20(22)15-23(16-20)12-19-3-2-10-25-19/h2-5,7-8,10,18H,6,9,11-16H2,1H3. The molecule has 5 heteroatoms. The molecule has 1 atom stereocenters. The van der Waals surface area contributed by atoms with Crippen molar-refractivity contribution in [3.63, 3.8) is 0 Å². The zero-order valence-corrected chi connectivity index (χ0v) is 14.9. The first-order valence-electron chi connectivity index (χ1n) is 9.16. The van der Waals surface area contributed by atoms with Crippen molar-refractivity contribution in [2.24, 2.45) is 5.92 Å². The van der Waals surface area contributed by atoms with E-state index in [1.54, 1.807) is 6.26 Å². The van der Waals surface area contributed by atoms with Gasteiger partial charge in [-0.2, -0.15) is 0 Å². The van der Waals surface area contributed by atoms with Gasteiger partial charge in [0.25, 0.3) is 0 Å². The lowest BCUT2D eigenvalue weighted by atomic mass is 9.75. The zero-order valence-electron chi connectivity index (χ0n) is 14.9. The number of nitrogens with zero attached hydrogens (tertiary/aromatic N) is 3. The largest absolute Gasteiger partial charge is 0.468 e. The van der Waals surface area contributed by atoms with Crippen molar-refractivity contribution in [1.29, 1.82) is 0 Å². The molecular weight excluding hydrogens is 314 g/mol. The van der Waals surface area contributed by atoms with Gasteiger partial charge in [0.05, 0.1) is 19.4 Å². The van der Waals surface area contributed by atoms with Crippen LogP contribution in [0.2, 0.25) is 0 Å². The minimum atomic E-state index is 0.329. The van der Waals surface area contributed by atoms with Gasteiger partial charge >= 0.3 is 0 Å². The van der Waals surface area contributed by atoms with Gasteiger partial charge < -0.3 is 9.15 Å². The number of piperidine rings is 1. The van der Waals surface area contributed by atoms with Crippen molar-refractivity contribution in [2.75, 3.05) is 33.3 Å². The highest BCUT2D eigenvalue weighted by molar-refractivity contribution is 5.09. The normalized spacial score (nSPS) is 23.6. The molecule has 2 aliphatic rings. The van der Waals surface area contributed by atoms with Crippen molar-refractivity contribution in [2.45, 2.75) is 31.5 Å². The molecule has 2 aliphatic heterocycles. The van der Waals surface area contributed by atoms with Crippen molar-refractivity contribution in [1.82, 2.24) is 14.8 Å². The maximum absolute atomic E-state index is 5.99. The third-order valence-corrected chi connectivity index (χ3v) is 5.72. The van der Waals surface area contributed by atoms with E-state index in [1.165, 1.54) is 18.4 Å². The van der Waals surface area contributed by atoms with Gasteiger partial charge in [-0.25, -0.2) is 0 Å². The second-order valence-electron chi connectivity index (χ2n) is 7.60. The van der Waals surface area contributed by atoms with Crippen LogP contribution in [0, 0.1) is 5.92 Å². The van der Waals surface area contributed by atoms with Gasteiger partial charge in [0, 0.05) is 37.6 Å². The first-order chi connectivity index (χ1) is 12.2. The fourth-order valence-corrected chi connectivity index (χ4v) is 4.26. The zero-order chi connectivity index (χ0) is 17.1. The molecule has 4 rings (SSSR count). The Kier molecular flexibility index (Phi) is 4.88. The highest BCUT2D eigenvalue weighted by Crippen LogP contribution is 2.39. The Labute approximate surface area is 149 Å². The minimum absolute atomic E-state index is 0.329. The highest BCUT2D eigenvalue weighted by atomic mass is 16.5. The van der Waals surface area contributed by atoms with Gasteiger partial charge in [0.15, 0.2) is 0 Å². The molecule has 0 saturated carbocycles. The van der Waals surface area contributed by atoms with Crippen LogP contribution < -0.4 is 0 Å². The van der Waals surface area contributed by atoms with Gasteiger partial charge in [-0.15, -0.1) is 0 Å². The highest BCUT2D eigenvalue weighted by Gasteiger charge is 2.49. The van der Waals surface area contributed by atoms with Crippen molar-refractivity contribution >= 4 is 0 Å².